The lowest BCUT2D eigenvalue weighted by atomic mass is 9.85. The summed E-state index contributed by atoms with van der Waals surface area (Å²) in [4.78, 5) is 14.2. The van der Waals surface area contributed by atoms with Gasteiger partial charge in [0.15, 0.2) is 0 Å². The van der Waals surface area contributed by atoms with E-state index in [1.807, 2.05) is 45.0 Å². The van der Waals surface area contributed by atoms with Gasteiger partial charge in [0.1, 0.15) is 5.60 Å². The van der Waals surface area contributed by atoms with Crippen LogP contribution in [-0.2, 0) is 14.9 Å². The molecule has 0 spiro atoms. The fourth-order valence-electron chi connectivity index (χ4n) is 2.55. The number of halogens is 1. The number of benzene rings is 1. The Labute approximate surface area is 140 Å². The number of hydrogen-bond donors (Lipinski definition) is 0. The first-order valence-electron chi connectivity index (χ1n) is 7.17. The fraction of sp³-hybridized carbons (Fsp3) is 0.471. The SMILES string of the molecule is COC=CC1(C)CN(C(=O)OC(C)(C)C)c2cc(Br)ccc21. The van der Waals surface area contributed by atoms with Crippen LogP contribution >= 0.6 is 15.9 Å². The summed E-state index contributed by atoms with van der Waals surface area (Å²) in [7, 11) is 1.61. The molecule has 0 fully saturated rings. The van der Waals surface area contributed by atoms with Crippen molar-refractivity contribution in [1.82, 2.24) is 0 Å². The van der Waals surface area contributed by atoms with E-state index in [2.05, 4.69) is 22.9 Å². The Morgan fingerprint density at radius 1 is 1.41 bits per heavy atom. The van der Waals surface area contributed by atoms with E-state index < -0.39 is 5.60 Å². The van der Waals surface area contributed by atoms with Crippen LogP contribution in [0.4, 0.5) is 10.5 Å². The zero-order valence-corrected chi connectivity index (χ0v) is 15.2. The van der Waals surface area contributed by atoms with Gasteiger partial charge in [0.25, 0.3) is 0 Å². The molecule has 0 bridgehead atoms. The van der Waals surface area contributed by atoms with Gasteiger partial charge < -0.3 is 9.47 Å². The third-order valence-electron chi connectivity index (χ3n) is 3.54. The number of fused-ring (bicyclic) bond motifs is 1. The Balaban J connectivity index is 2.42. The largest absolute Gasteiger partial charge is 0.505 e. The van der Waals surface area contributed by atoms with Gasteiger partial charge in [-0.2, -0.15) is 0 Å². The molecule has 120 valence electrons. The molecule has 1 atom stereocenters. The molecule has 0 N–H and O–H groups in total. The highest BCUT2D eigenvalue weighted by atomic mass is 79.9. The van der Waals surface area contributed by atoms with E-state index in [1.54, 1.807) is 18.3 Å². The number of ether oxygens (including phenoxy) is 2. The Hall–Kier alpha value is -1.49. The quantitative estimate of drug-likeness (QED) is 0.715. The standard InChI is InChI=1S/C17H22BrNO3/c1-16(2,3)22-15(20)19-11-17(4,8-9-21-5)13-7-6-12(18)10-14(13)19/h6-10H,11H2,1-5H3. The molecule has 0 saturated carbocycles. The predicted molar refractivity (Wildman–Crippen MR) is 91.2 cm³/mol. The van der Waals surface area contributed by atoms with E-state index >= 15 is 0 Å². The van der Waals surface area contributed by atoms with Crippen molar-refractivity contribution in [2.24, 2.45) is 0 Å². The molecule has 5 heteroatoms. The molecule has 1 heterocycles. The molecule has 0 aromatic heterocycles. The van der Waals surface area contributed by atoms with Crippen molar-refractivity contribution in [3.63, 3.8) is 0 Å². The molecule has 0 saturated heterocycles. The van der Waals surface area contributed by atoms with Crippen molar-refractivity contribution in [1.29, 1.82) is 0 Å². The number of anilines is 1. The van der Waals surface area contributed by atoms with E-state index in [1.165, 1.54) is 0 Å². The van der Waals surface area contributed by atoms with Crippen molar-refractivity contribution in [2.45, 2.75) is 38.7 Å². The van der Waals surface area contributed by atoms with Crippen LogP contribution in [0.5, 0.6) is 0 Å². The zero-order chi connectivity index (χ0) is 16.5. The van der Waals surface area contributed by atoms with Crippen LogP contribution < -0.4 is 4.90 Å². The van der Waals surface area contributed by atoms with Gasteiger partial charge in [-0.3, -0.25) is 4.90 Å². The number of amides is 1. The maximum Gasteiger partial charge on any atom is 0.414 e. The molecule has 1 aliphatic rings. The summed E-state index contributed by atoms with van der Waals surface area (Å²) in [5.41, 5.74) is 1.12. The molecular weight excluding hydrogens is 346 g/mol. The van der Waals surface area contributed by atoms with Crippen molar-refractivity contribution in [3.8, 4) is 0 Å². The van der Waals surface area contributed by atoms with Crippen molar-refractivity contribution < 1.29 is 14.3 Å². The van der Waals surface area contributed by atoms with Crippen LogP contribution in [0.2, 0.25) is 0 Å². The van der Waals surface area contributed by atoms with Crippen LogP contribution in [0.1, 0.15) is 33.3 Å². The van der Waals surface area contributed by atoms with Crippen molar-refractivity contribution in [2.75, 3.05) is 18.6 Å². The summed E-state index contributed by atoms with van der Waals surface area (Å²) in [6.45, 7) is 8.21. The Kier molecular flexibility index (Phi) is 4.57. The van der Waals surface area contributed by atoms with Crippen LogP contribution in [0.15, 0.2) is 35.0 Å². The number of carbonyl (C=O) groups is 1. The van der Waals surface area contributed by atoms with Gasteiger partial charge in [0, 0.05) is 16.4 Å². The zero-order valence-electron chi connectivity index (χ0n) is 13.6. The number of rotatable bonds is 2. The maximum atomic E-state index is 12.5. The summed E-state index contributed by atoms with van der Waals surface area (Å²) in [5, 5.41) is 0. The lowest BCUT2D eigenvalue weighted by molar-refractivity contribution is 0.0580. The summed E-state index contributed by atoms with van der Waals surface area (Å²) in [5.74, 6) is 0. The summed E-state index contributed by atoms with van der Waals surface area (Å²) in [6.07, 6.45) is 3.30. The first-order valence-corrected chi connectivity index (χ1v) is 7.97. The van der Waals surface area contributed by atoms with Gasteiger partial charge in [-0.05, 0) is 44.5 Å². The molecular formula is C17H22BrNO3. The molecule has 1 aromatic carbocycles. The molecule has 0 aliphatic carbocycles. The van der Waals surface area contributed by atoms with E-state index in [0.717, 1.165) is 15.7 Å². The van der Waals surface area contributed by atoms with E-state index in [-0.39, 0.29) is 11.5 Å². The summed E-state index contributed by atoms with van der Waals surface area (Å²) < 4.78 is 11.5. The molecule has 1 aromatic rings. The second-order valence-electron chi connectivity index (χ2n) is 6.68. The molecule has 0 radical (unpaired) electrons. The maximum absolute atomic E-state index is 12.5. The minimum Gasteiger partial charge on any atom is -0.505 e. The van der Waals surface area contributed by atoms with Gasteiger partial charge in [-0.1, -0.05) is 28.9 Å². The van der Waals surface area contributed by atoms with Gasteiger partial charge in [0.05, 0.1) is 19.1 Å². The Morgan fingerprint density at radius 3 is 2.68 bits per heavy atom. The normalized spacial score (nSPS) is 21.1. The predicted octanol–water partition coefficient (Wildman–Crippen LogP) is 4.62. The molecule has 22 heavy (non-hydrogen) atoms. The number of methoxy groups -OCH3 is 1. The third-order valence-corrected chi connectivity index (χ3v) is 4.03. The van der Waals surface area contributed by atoms with Gasteiger partial charge in [0.2, 0.25) is 0 Å². The highest BCUT2D eigenvalue weighted by Crippen LogP contribution is 2.43. The highest BCUT2D eigenvalue weighted by Gasteiger charge is 2.41. The van der Waals surface area contributed by atoms with Crippen molar-refractivity contribution >= 4 is 27.7 Å². The Morgan fingerprint density at radius 2 is 2.09 bits per heavy atom. The monoisotopic (exact) mass is 367 g/mol. The van der Waals surface area contributed by atoms with E-state index in [4.69, 9.17) is 9.47 Å². The molecule has 1 aliphatic heterocycles. The number of hydrogen-bond acceptors (Lipinski definition) is 3. The fourth-order valence-corrected chi connectivity index (χ4v) is 2.90. The Bertz CT molecular complexity index is 606. The molecule has 2 rings (SSSR count). The van der Waals surface area contributed by atoms with Gasteiger partial charge in [-0.25, -0.2) is 4.79 Å². The molecule has 1 unspecified atom stereocenters. The topological polar surface area (TPSA) is 38.8 Å². The van der Waals surface area contributed by atoms with Crippen LogP contribution in [0.25, 0.3) is 0 Å². The number of carbonyl (C=O) groups excluding carboxylic acids is 1. The second-order valence-corrected chi connectivity index (χ2v) is 7.60. The van der Waals surface area contributed by atoms with Crippen LogP contribution in [0.3, 0.4) is 0 Å². The van der Waals surface area contributed by atoms with E-state index in [0.29, 0.717) is 6.54 Å². The average molecular weight is 368 g/mol. The first-order chi connectivity index (χ1) is 10.2. The van der Waals surface area contributed by atoms with Gasteiger partial charge >= 0.3 is 6.09 Å². The van der Waals surface area contributed by atoms with Crippen LogP contribution in [0, 0.1) is 0 Å². The highest BCUT2D eigenvalue weighted by molar-refractivity contribution is 9.10. The first kappa shape index (κ1) is 16.9. The minimum absolute atomic E-state index is 0.303. The van der Waals surface area contributed by atoms with Crippen LogP contribution in [-0.4, -0.2) is 25.3 Å². The van der Waals surface area contributed by atoms with Gasteiger partial charge in [-0.15, -0.1) is 0 Å². The minimum atomic E-state index is -0.523. The van der Waals surface area contributed by atoms with E-state index in [9.17, 15) is 4.79 Å². The smallest absolute Gasteiger partial charge is 0.414 e. The lowest BCUT2D eigenvalue weighted by Gasteiger charge is -2.26. The average Bonchev–Trinajstić information content (AvgIpc) is 2.68. The third kappa shape index (κ3) is 3.46. The number of nitrogens with zero attached hydrogens (tertiary/aromatic N) is 1. The summed E-state index contributed by atoms with van der Waals surface area (Å²) >= 11 is 3.47. The molecule has 4 nitrogen and oxygen atoms in total. The second kappa shape index (κ2) is 5.95. The summed E-state index contributed by atoms with van der Waals surface area (Å²) in [6, 6.07) is 5.96. The lowest BCUT2D eigenvalue weighted by Crippen LogP contribution is -2.38. The molecule has 1 amide bonds. The van der Waals surface area contributed by atoms with Crippen molar-refractivity contribution in [3.05, 3.63) is 40.6 Å².